The zero-order valence-electron chi connectivity index (χ0n) is 14.6. The van der Waals surface area contributed by atoms with Gasteiger partial charge in [0, 0.05) is 36.9 Å². The summed E-state index contributed by atoms with van der Waals surface area (Å²) in [5, 5.41) is 3.09. The van der Waals surface area contributed by atoms with E-state index in [1.54, 1.807) is 18.3 Å². The summed E-state index contributed by atoms with van der Waals surface area (Å²) in [6.07, 6.45) is 6.13. The van der Waals surface area contributed by atoms with Crippen LogP contribution in [-0.4, -0.2) is 39.7 Å². The van der Waals surface area contributed by atoms with Crippen molar-refractivity contribution >= 4 is 45.8 Å². The Bertz CT molecular complexity index is 1060. The van der Waals surface area contributed by atoms with Crippen molar-refractivity contribution in [1.29, 1.82) is 0 Å². The van der Waals surface area contributed by atoms with Crippen LogP contribution in [0.2, 0.25) is 0 Å². The van der Waals surface area contributed by atoms with Crippen molar-refractivity contribution in [1.82, 2.24) is 20.3 Å². The predicted molar refractivity (Wildman–Crippen MR) is 106 cm³/mol. The van der Waals surface area contributed by atoms with E-state index in [1.807, 2.05) is 30.3 Å². The summed E-state index contributed by atoms with van der Waals surface area (Å²) in [6, 6.07) is 9.92. The monoisotopic (exact) mass is 379 g/mol. The van der Waals surface area contributed by atoms with Crippen LogP contribution in [0.1, 0.15) is 11.3 Å². The molecule has 2 aromatic heterocycles. The van der Waals surface area contributed by atoms with Gasteiger partial charge in [-0.15, -0.1) is 0 Å². The van der Waals surface area contributed by atoms with Gasteiger partial charge in [-0.05, 0) is 42.0 Å². The quantitative estimate of drug-likeness (QED) is 0.663. The Balaban J connectivity index is 1.47. The molecule has 27 heavy (non-hydrogen) atoms. The highest BCUT2D eigenvalue weighted by atomic mass is 32.2. The van der Waals surface area contributed by atoms with Crippen LogP contribution < -0.4 is 10.2 Å². The molecule has 0 aliphatic carbocycles. The number of imide groups is 1. The molecule has 1 aromatic carbocycles. The normalized spacial score (nSPS) is 15.5. The highest BCUT2D eigenvalue weighted by Crippen LogP contribution is 2.25. The van der Waals surface area contributed by atoms with Gasteiger partial charge in [-0.3, -0.25) is 14.9 Å². The van der Waals surface area contributed by atoms with E-state index in [-0.39, 0.29) is 5.24 Å². The molecular formula is C19H17N5O2S. The van der Waals surface area contributed by atoms with E-state index in [2.05, 4.69) is 32.4 Å². The molecule has 2 amide bonds. The number of nitrogens with zero attached hydrogens (tertiary/aromatic N) is 3. The Morgan fingerprint density at radius 3 is 2.89 bits per heavy atom. The maximum absolute atomic E-state index is 11.7. The molecule has 0 saturated carbocycles. The third kappa shape index (κ3) is 3.70. The molecule has 3 aromatic rings. The minimum atomic E-state index is -0.391. The number of benzene rings is 1. The molecule has 1 aliphatic rings. The van der Waals surface area contributed by atoms with Crippen LogP contribution in [0, 0.1) is 0 Å². The van der Waals surface area contributed by atoms with Gasteiger partial charge in [0.25, 0.3) is 11.1 Å². The third-order valence-electron chi connectivity index (χ3n) is 4.32. The van der Waals surface area contributed by atoms with Gasteiger partial charge < -0.3 is 9.88 Å². The van der Waals surface area contributed by atoms with Crippen LogP contribution in [0.15, 0.2) is 47.6 Å². The molecule has 1 aliphatic heterocycles. The SMILES string of the molecule is CN(CCc1c[nH]c2ccccc12)c1nccc(/C=C2/SC(=O)NC2=O)n1. The standard InChI is InChI=1S/C19H17N5O2S/c1-24(9-7-12-11-21-15-5-3-2-4-14(12)15)18-20-8-6-13(22-18)10-16-17(25)23-19(26)27-16/h2-6,8,10-11,21H,7,9H2,1H3,(H,23,25,26)/b16-10+. The first kappa shape index (κ1) is 17.3. The zero-order chi connectivity index (χ0) is 18.8. The number of hydrogen-bond acceptors (Lipinski definition) is 6. The lowest BCUT2D eigenvalue weighted by molar-refractivity contribution is -0.115. The number of carbonyl (C=O) groups excluding carboxylic acids is 2. The molecule has 4 rings (SSSR count). The van der Waals surface area contributed by atoms with E-state index in [1.165, 1.54) is 10.9 Å². The summed E-state index contributed by atoms with van der Waals surface area (Å²) in [4.78, 5) is 37.3. The number of aromatic nitrogens is 3. The Morgan fingerprint density at radius 2 is 2.07 bits per heavy atom. The number of anilines is 1. The smallest absolute Gasteiger partial charge is 0.290 e. The molecule has 8 heteroatoms. The molecule has 2 N–H and O–H groups in total. The third-order valence-corrected chi connectivity index (χ3v) is 5.13. The number of nitrogens with one attached hydrogen (secondary N) is 2. The first-order chi connectivity index (χ1) is 13.1. The minimum absolute atomic E-state index is 0.339. The fraction of sp³-hybridized carbons (Fsp3) is 0.158. The topological polar surface area (TPSA) is 91.0 Å². The van der Waals surface area contributed by atoms with Crippen molar-refractivity contribution in [2.24, 2.45) is 0 Å². The number of H-pyrrole nitrogens is 1. The molecule has 136 valence electrons. The molecular weight excluding hydrogens is 362 g/mol. The fourth-order valence-electron chi connectivity index (χ4n) is 2.91. The predicted octanol–water partition coefficient (Wildman–Crippen LogP) is 2.96. The maximum atomic E-state index is 11.7. The maximum Gasteiger partial charge on any atom is 0.290 e. The number of rotatable bonds is 5. The molecule has 7 nitrogen and oxygen atoms in total. The van der Waals surface area contributed by atoms with E-state index >= 15 is 0 Å². The van der Waals surface area contributed by atoms with Crippen molar-refractivity contribution in [3.8, 4) is 0 Å². The van der Waals surface area contributed by atoms with Gasteiger partial charge in [0.05, 0.1) is 10.6 Å². The first-order valence-electron chi connectivity index (χ1n) is 8.44. The molecule has 0 atom stereocenters. The number of para-hydroxylation sites is 1. The Kier molecular flexibility index (Phi) is 4.64. The van der Waals surface area contributed by atoms with E-state index in [0.29, 0.717) is 16.5 Å². The lowest BCUT2D eigenvalue weighted by Gasteiger charge is -2.16. The van der Waals surface area contributed by atoms with Crippen molar-refractivity contribution < 1.29 is 9.59 Å². The molecule has 0 unspecified atom stereocenters. The Morgan fingerprint density at radius 1 is 1.22 bits per heavy atom. The van der Waals surface area contributed by atoms with E-state index in [0.717, 1.165) is 30.2 Å². The zero-order valence-corrected chi connectivity index (χ0v) is 15.4. The number of carbonyl (C=O) groups is 2. The lowest BCUT2D eigenvalue weighted by Crippen LogP contribution is -2.22. The number of aromatic amines is 1. The number of hydrogen-bond donors (Lipinski definition) is 2. The van der Waals surface area contributed by atoms with Gasteiger partial charge >= 0.3 is 0 Å². The minimum Gasteiger partial charge on any atom is -0.361 e. The average molecular weight is 379 g/mol. The highest BCUT2D eigenvalue weighted by molar-refractivity contribution is 8.18. The lowest BCUT2D eigenvalue weighted by atomic mass is 10.1. The van der Waals surface area contributed by atoms with E-state index in [4.69, 9.17) is 0 Å². The van der Waals surface area contributed by atoms with Gasteiger partial charge in [0.2, 0.25) is 5.95 Å². The second-order valence-electron chi connectivity index (χ2n) is 6.16. The van der Waals surface area contributed by atoms with Crippen molar-refractivity contribution in [2.75, 3.05) is 18.5 Å². The summed E-state index contributed by atoms with van der Waals surface area (Å²) in [5.74, 6) is 0.178. The van der Waals surface area contributed by atoms with Crippen LogP contribution in [0.25, 0.3) is 17.0 Å². The van der Waals surface area contributed by atoms with Crippen LogP contribution in [0.4, 0.5) is 10.7 Å². The molecule has 0 bridgehead atoms. The van der Waals surface area contributed by atoms with Gasteiger partial charge in [-0.25, -0.2) is 9.97 Å². The van der Waals surface area contributed by atoms with Gasteiger partial charge in [0.15, 0.2) is 0 Å². The van der Waals surface area contributed by atoms with Crippen LogP contribution in [0.3, 0.4) is 0 Å². The van der Waals surface area contributed by atoms with Gasteiger partial charge in [0.1, 0.15) is 0 Å². The average Bonchev–Trinajstić information content (AvgIpc) is 3.22. The summed E-state index contributed by atoms with van der Waals surface area (Å²) in [7, 11) is 1.93. The summed E-state index contributed by atoms with van der Waals surface area (Å²) >= 11 is 0.876. The van der Waals surface area contributed by atoms with Gasteiger partial charge in [-0.2, -0.15) is 0 Å². The van der Waals surface area contributed by atoms with Crippen LogP contribution in [0.5, 0.6) is 0 Å². The number of likely N-dealkylation sites (N-methyl/N-ethyl adjacent to an activating group) is 1. The number of amides is 2. The van der Waals surface area contributed by atoms with Crippen molar-refractivity contribution in [3.05, 3.63) is 58.9 Å². The number of thioether (sulfide) groups is 1. The summed E-state index contributed by atoms with van der Waals surface area (Å²) in [6.45, 7) is 0.746. The van der Waals surface area contributed by atoms with Crippen molar-refractivity contribution in [2.45, 2.75) is 6.42 Å². The highest BCUT2D eigenvalue weighted by Gasteiger charge is 2.25. The van der Waals surface area contributed by atoms with Gasteiger partial charge in [-0.1, -0.05) is 18.2 Å². The fourth-order valence-corrected chi connectivity index (χ4v) is 3.58. The Hall–Kier alpha value is -3.13. The summed E-state index contributed by atoms with van der Waals surface area (Å²) < 4.78 is 0. The molecule has 0 radical (unpaired) electrons. The molecule has 1 saturated heterocycles. The Labute approximate surface area is 159 Å². The number of fused-ring (bicyclic) bond motifs is 1. The molecule has 0 spiro atoms. The largest absolute Gasteiger partial charge is 0.361 e. The summed E-state index contributed by atoms with van der Waals surface area (Å²) in [5.41, 5.74) is 2.96. The van der Waals surface area contributed by atoms with E-state index < -0.39 is 5.91 Å². The van der Waals surface area contributed by atoms with Crippen molar-refractivity contribution in [3.63, 3.8) is 0 Å². The molecule has 1 fully saturated rings. The first-order valence-corrected chi connectivity index (χ1v) is 9.26. The van der Waals surface area contributed by atoms with E-state index in [9.17, 15) is 9.59 Å². The second kappa shape index (κ2) is 7.24. The van der Waals surface area contributed by atoms with Crippen LogP contribution >= 0.6 is 11.8 Å². The second-order valence-corrected chi connectivity index (χ2v) is 7.18. The molecule has 3 heterocycles. The van der Waals surface area contributed by atoms with Crippen LogP contribution in [-0.2, 0) is 11.2 Å².